The van der Waals surface area contributed by atoms with E-state index < -0.39 is 15.8 Å². The molecular formula is C18H20N2O5S. The van der Waals surface area contributed by atoms with Gasteiger partial charge in [-0.05, 0) is 30.2 Å². The number of carboxylic acids is 1. The van der Waals surface area contributed by atoms with Gasteiger partial charge in [0.05, 0.1) is 10.5 Å². The molecular weight excluding hydrogens is 356 g/mol. The van der Waals surface area contributed by atoms with Crippen molar-refractivity contribution < 1.29 is 23.1 Å². The van der Waals surface area contributed by atoms with Gasteiger partial charge in [-0.2, -0.15) is 0 Å². The number of hydrogen-bond donors (Lipinski definition) is 2. The maximum absolute atomic E-state index is 12.4. The fraction of sp³-hybridized carbons (Fsp3) is 0.333. The van der Waals surface area contributed by atoms with Gasteiger partial charge in [0, 0.05) is 37.0 Å². The van der Waals surface area contributed by atoms with E-state index in [1.165, 1.54) is 0 Å². The van der Waals surface area contributed by atoms with Gasteiger partial charge in [0.25, 0.3) is 5.91 Å². The Hall–Kier alpha value is -2.61. The highest BCUT2D eigenvalue weighted by atomic mass is 32.2. The summed E-state index contributed by atoms with van der Waals surface area (Å²) >= 11 is 0. The number of carbonyl (C=O) groups excluding carboxylic acids is 1. The summed E-state index contributed by atoms with van der Waals surface area (Å²) in [4.78, 5) is 23.8. The van der Waals surface area contributed by atoms with E-state index in [-0.39, 0.29) is 17.3 Å². The molecule has 0 unspecified atom stereocenters. The predicted octanol–water partition coefficient (Wildman–Crippen LogP) is 1.16. The Bertz CT molecular complexity index is 988. The van der Waals surface area contributed by atoms with Crippen molar-refractivity contribution in [3.63, 3.8) is 0 Å². The molecule has 1 aromatic carbocycles. The van der Waals surface area contributed by atoms with Crippen molar-refractivity contribution >= 4 is 21.7 Å². The number of carboxylic acid groups (broad SMARTS) is 1. The van der Waals surface area contributed by atoms with Gasteiger partial charge in [-0.1, -0.05) is 12.1 Å². The van der Waals surface area contributed by atoms with Crippen molar-refractivity contribution in [3.8, 4) is 0 Å². The number of amides is 1. The van der Waals surface area contributed by atoms with Crippen molar-refractivity contribution in [2.45, 2.75) is 31.2 Å². The van der Waals surface area contributed by atoms with Crippen LogP contribution < -0.4 is 5.32 Å². The van der Waals surface area contributed by atoms with Crippen LogP contribution in [0.4, 0.5) is 0 Å². The maximum Gasteiger partial charge on any atom is 0.323 e. The Morgan fingerprint density at radius 3 is 2.50 bits per heavy atom. The minimum absolute atomic E-state index is 0.186. The molecule has 1 aromatic heterocycles. The minimum atomic E-state index is -3.27. The molecule has 1 amide bonds. The molecule has 0 spiro atoms. The van der Waals surface area contributed by atoms with Crippen LogP contribution in [-0.4, -0.2) is 42.8 Å². The van der Waals surface area contributed by atoms with Crippen LogP contribution in [0.1, 0.15) is 32.9 Å². The van der Waals surface area contributed by atoms with Crippen LogP contribution in [0.3, 0.4) is 0 Å². The Morgan fingerprint density at radius 2 is 1.92 bits per heavy atom. The number of rotatable bonds is 5. The molecule has 0 atom stereocenters. The second-order valence-electron chi connectivity index (χ2n) is 6.46. The van der Waals surface area contributed by atoms with Gasteiger partial charge in [0.2, 0.25) is 0 Å². The summed E-state index contributed by atoms with van der Waals surface area (Å²) in [7, 11) is -3.27. The van der Waals surface area contributed by atoms with Crippen LogP contribution in [0.25, 0.3) is 0 Å². The van der Waals surface area contributed by atoms with E-state index >= 15 is 0 Å². The van der Waals surface area contributed by atoms with E-state index in [2.05, 4.69) is 5.32 Å². The summed E-state index contributed by atoms with van der Waals surface area (Å²) in [5, 5.41) is 12.0. The number of fused-ring (bicyclic) bond motifs is 1. The fourth-order valence-corrected chi connectivity index (χ4v) is 4.02. The monoisotopic (exact) mass is 376 g/mol. The third-order valence-electron chi connectivity index (χ3n) is 4.66. The van der Waals surface area contributed by atoms with Crippen LogP contribution >= 0.6 is 0 Å². The van der Waals surface area contributed by atoms with Gasteiger partial charge in [-0.25, -0.2) is 8.42 Å². The first-order chi connectivity index (χ1) is 12.2. The fourth-order valence-electron chi connectivity index (χ4n) is 3.39. The van der Waals surface area contributed by atoms with E-state index in [1.807, 2.05) is 6.92 Å². The summed E-state index contributed by atoms with van der Waals surface area (Å²) in [6, 6.07) is 6.52. The zero-order chi connectivity index (χ0) is 19.1. The first kappa shape index (κ1) is 18.2. The lowest BCUT2D eigenvalue weighted by atomic mass is 9.97. The highest BCUT2D eigenvalue weighted by molar-refractivity contribution is 7.90. The number of aliphatic carboxylic acids is 1. The molecule has 138 valence electrons. The van der Waals surface area contributed by atoms with Crippen LogP contribution in [-0.2, 0) is 34.0 Å². The topological polar surface area (TPSA) is 105 Å². The Kier molecular flexibility index (Phi) is 4.62. The smallest absolute Gasteiger partial charge is 0.323 e. The zero-order valence-electron chi connectivity index (χ0n) is 14.6. The normalized spacial score (nSPS) is 14.0. The van der Waals surface area contributed by atoms with E-state index in [9.17, 15) is 23.1 Å². The second-order valence-corrected chi connectivity index (χ2v) is 8.48. The first-order valence-electron chi connectivity index (χ1n) is 8.18. The lowest BCUT2D eigenvalue weighted by Crippen LogP contribution is -2.33. The lowest BCUT2D eigenvalue weighted by Gasteiger charge is -2.16. The molecule has 0 bridgehead atoms. The van der Waals surface area contributed by atoms with E-state index in [0.717, 1.165) is 28.8 Å². The SMILES string of the molecule is Cc1c(Cc2ccc(S(C)(=O)=O)cc2)c2c(n1CC(=O)O)CCNC2=O. The van der Waals surface area contributed by atoms with Gasteiger partial charge in [0.1, 0.15) is 6.54 Å². The molecule has 1 aliphatic rings. The molecule has 8 heteroatoms. The second kappa shape index (κ2) is 6.60. The maximum atomic E-state index is 12.4. The molecule has 2 aromatic rings. The number of carbonyl (C=O) groups is 2. The molecule has 1 aliphatic heterocycles. The molecule has 0 aliphatic carbocycles. The van der Waals surface area contributed by atoms with Gasteiger partial charge >= 0.3 is 5.97 Å². The molecule has 3 rings (SSSR count). The number of benzene rings is 1. The van der Waals surface area contributed by atoms with Crippen molar-refractivity contribution in [2.24, 2.45) is 0 Å². The Morgan fingerprint density at radius 1 is 1.27 bits per heavy atom. The minimum Gasteiger partial charge on any atom is -0.480 e. The number of hydrogen-bond acceptors (Lipinski definition) is 4. The molecule has 2 heterocycles. The summed E-state index contributed by atoms with van der Waals surface area (Å²) in [6.07, 6.45) is 2.17. The van der Waals surface area contributed by atoms with Gasteiger partial charge in [-0.15, -0.1) is 0 Å². The van der Waals surface area contributed by atoms with Crippen LogP contribution in [0, 0.1) is 6.92 Å². The third-order valence-corrected chi connectivity index (χ3v) is 5.79. The summed E-state index contributed by atoms with van der Waals surface area (Å²) in [5.74, 6) is -1.15. The van der Waals surface area contributed by atoms with Crippen molar-refractivity contribution in [1.29, 1.82) is 0 Å². The van der Waals surface area contributed by atoms with Gasteiger partial charge < -0.3 is 15.0 Å². The number of nitrogens with one attached hydrogen (secondary N) is 1. The van der Waals surface area contributed by atoms with Crippen molar-refractivity contribution in [3.05, 3.63) is 52.3 Å². The average molecular weight is 376 g/mol. The standard InChI is InChI=1S/C18H20N2O5S/c1-11-14(9-12-3-5-13(6-4-12)26(2,24)25)17-15(7-8-19-18(17)23)20(11)10-16(21)22/h3-6H,7-10H2,1-2H3,(H,19,23)(H,21,22). The van der Waals surface area contributed by atoms with Gasteiger partial charge in [0.15, 0.2) is 9.84 Å². The largest absolute Gasteiger partial charge is 0.480 e. The van der Waals surface area contributed by atoms with E-state index in [1.54, 1.807) is 28.8 Å². The Labute approximate surface area is 151 Å². The molecule has 7 nitrogen and oxygen atoms in total. The molecule has 0 saturated carbocycles. The lowest BCUT2D eigenvalue weighted by molar-refractivity contribution is -0.137. The molecule has 26 heavy (non-hydrogen) atoms. The molecule has 0 fully saturated rings. The predicted molar refractivity (Wildman–Crippen MR) is 95.2 cm³/mol. The van der Waals surface area contributed by atoms with Crippen molar-refractivity contribution in [1.82, 2.24) is 9.88 Å². The number of aromatic nitrogens is 1. The Balaban J connectivity index is 2.03. The van der Waals surface area contributed by atoms with Crippen LogP contribution in [0.15, 0.2) is 29.2 Å². The number of sulfone groups is 1. The highest BCUT2D eigenvalue weighted by Gasteiger charge is 2.28. The summed E-state index contributed by atoms with van der Waals surface area (Å²) < 4.78 is 24.9. The average Bonchev–Trinajstić information content (AvgIpc) is 2.81. The molecule has 0 saturated heterocycles. The summed E-state index contributed by atoms with van der Waals surface area (Å²) in [5.41, 5.74) is 3.68. The van der Waals surface area contributed by atoms with E-state index in [4.69, 9.17) is 0 Å². The first-order valence-corrected chi connectivity index (χ1v) is 10.1. The highest BCUT2D eigenvalue weighted by Crippen LogP contribution is 2.28. The summed E-state index contributed by atoms with van der Waals surface area (Å²) in [6.45, 7) is 2.11. The third kappa shape index (κ3) is 3.37. The molecule has 2 N–H and O–H groups in total. The van der Waals surface area contributed by atoms with Crippen LogP contribution in [0.2, 0.25) is 0 Å². The van der Waals surface area contributed by atoms with Crippen LogP contribution in [0.5, 0.6) is 0 Å². The molecule has 0 radical (unpaired) electrons. The quantitative estimate of drug-likeness (QED) is 0.815. The zero-order valence-corrected chi connectivity index (χ0v) is 15.4. The van der Waals surface area contributed by atoms with Gasteiger partial charge in [-0.3, -0.25) is 9.59 Å². The van der Waals surface area contributed by atoms with Crippen molar-refractivity contribution in [2.75, 3.05) is 12.8 Å². The van der Waals surface area contributed by atoms with E-state index in [0.29, 0.717) is 24.9 Å². The number of nitrogens with zero attached hydrogens (tertiary/aromatic N) is 1.